The summed E-state index contributed by atoms with van der Waals surface area (Å²) in [7, 11) is 0. The van der Waals surface area contributed by atoms with Crippen LogP contribution in [-0.2, 0) is 13.0 Å². The Morgan fingerprint density at radius 3 is 3.00 bits per heavy atom. The van der Waals surface area contributed by atoms with Gasteiger partial charge in [-0.3, -0.25) is 4.98 Å². The van der Waals surface area contributed by atoms with Crippen molar-refractivity contribution in [1.29, 1.82) is 0 Å². The van der Waals surface area contributed by atoms with E-state index in [0.717, 1.165) is 30.1 Å². The van der Waals surface area contributed by atoms with Crippen LogP contribution >= 0.6 is 0 Å². The van der Waals surface area contributed by atoms with Gasteiger partial charge in [-0.2, -0.15) is 0 Å². The number of aromatic nitrogens is 4. The van der Waals surface area contributed by atoms with E-state index in [4.69, 9.17) is 5.73 Å². The van der Waals surface area contributed by atoms with Crippen molar-refractivity contribution in [1.82, 2.24) is 19.6 Å². The van der Waals surface area contributed by atoms with Crippen molar-refractivity contribution in [2.24, 2.45) is 5.73 Å². The van der Waals surface area contributed by atoms with E-state index in [1.165, 1.54) is 5.56 Å². The fraction of sp³-hybridized carbons (Fsp3) is 0.214. The maximum Gasteiger partial charge on any atom is 0.153 e. The zero-order valence-corrected chi connectivity index (χ0v) is 11.0. The highest BCUT2D eigenvalue weighted by Gasteiger charge is 2.02. The topological polar surface area (TPSA) is 81.1 Å². The Balaban J connectivity index is 1.65. The Morgan fingerprint density at radius 2 is 2.20 bits per heavy atom. The van der Waals surface area contributed by atoms with Crippen molar-refractivity contribution >= 4 is 11.5 Å². The Kier molecular flexibility index (Phi) is 3.56. The molecular weight excluding hydrogens is 252 g/mol. The van der Waals surface area contributed by atoms with Gasteiger partial charge in [0.1, 0.15) is 5.82 Å². The van der Waals surface area contributed by atoms with Crippen molar-refractivity contribution in [3.05, 3.63) is 54.1 Å². The van der Waals surface area contributed by atoms with E-state index in [1.807, 2.05) is 30.6 Å². The zero-order chi connectivity index (χ0) is 13.8. The van der Waals surface area contributed by atoms with Gasteiger partial charge in [0, 0.05) is 25.5 Å². The minimum atomic E-state index is 0.424. The highest BCUT2D eigenvalue weighted by atomic mass is 15.3. The van der Waals surface area contributed by atoms with Crippen LogP contribution in [0.1, 0.15) is 11.3 Å². The maximum atomic E-state index is 5.57. The summed E-state index contributed by atoms with van der Waals surface area (Å²) in [5.41, 5.74) is 8.42. The first-order chi connectivity index (χ1) is 9.85. The molecule has 0 aliphatic heterocycles. The first-order valence-electron chi connectivity index (χ1n) is 6.53. The Hall–Kier alpha value is -2.47. The molecule has 3 heterocycles. The van der Waals surface area contributed by atoms with Crippen LogP contribution in [0.15, 0.2) is 42.9 Å². The van der Waals surface area contributed by atoms with Crippen LogP contribution in [0.4, 0.5) is 5.82 Å². The standard InChI is InChI=1S/C14H16N6/c15-8-12-10-20-14(18-12)4-3-13(19-20)17-7-5-11-2-1-6-16-9-11/h1-4,6,9-10H,5,7-8,15H2,(H,17,19). The lowest BCUT2D eigenvalue weighted by molar-refractivity contribution is 0.909. The second kappa shape index (κ2) is 5.66. The van der Waals surface area contributed by atoms with E-state index in [0.29, 0.717) is 6.54 Å². The van der Waals surface area contributed by atoms with Crippen molar-refractivity contribution in [2.75, 3.05) is 11.9 Å². The summed E-state index contributed by atoms with van der Waals surface area (Å²) in [4.78, 5) is 8.44. The predicted octanol–water partition coefficient (Wildman–Crippen LogP) is 1.24. The fourth-order valence-corrected chi connectivity index (χ4v) is 2.00. The molecule has 0 aliphatic rings. The van der Waals surface area contributed by atoms with E-state index in [2.05, 4.69) is 26.4 Å². The van der Waals surface area contributed by atoms with Gasteiger partial charge in [-0.25, -0.2) is 9.50 Å². The molecular formula is C14H16N6. The third kappa shape index (κ3) is 2.75. The number of imidazole rings is 1. The molecule has 0 fully saturated rings. The average Bonchev–Trinajstić information content (AvgIpc) is 2.91. The molecule has 0 spiro atoms. The molecule has 0 amide bonds. The summed E-state index contributed by atoms with van der Waals surface area (Å²) >= 11 is 0. The Labute approximate surface area is 116 Å². The van der Waals surface area contributed by atoms with E-state index in [-0.39, 0.29) is 0 Å². The van der Waals surface area contributed by atoms with Crippen molar-refractivity contribution in [3.8, 4) is 0 Å². The lowest BCUT2D eigenvalue weighted by Gasteiger charge is -2.05. The second-order valence-electron chi connectivity index (χ2n) is 4.50. The monoisotopic (exact) mass is 268 g/mol. The van der Waals surface area contributed by atoms with Gasteiger partial charge < -0.3 is 11.1 Å². The van der Waals surface area contributed by atoms with Gasteiger partial charge >= 0.3 is 0 Å². The molecule has 3 N–H and O–H groups in total. The van der Waals surface area contributed by atoms with Gasteiger partial charge in [-0.15, -0.1) is 5.10 Å². The molecule has 6 heteroatoms. The predicted molar refractivity (Wildman–Crippen MR) is 77.3 cm³/mol. The lowest BCUT2D eigenvalue weighted by atomic mass is 10.2. The summed E-state index contributed by atoms with van der Waals surface area (Å²) < 4.78 is 1.74. The smallest absolute Gasteiger partial charge is 0.153 e. The summed E-state index contributed by atoms with van der Waals surface area (Å²) in [6, 6.07) is 7.86. The molecule has 0 unspecified atom stereocenters. The molecule has 6 nitrogen and oxygen atoms in total. The molecule has 3 aromatic heterocycles. The molecule has 0 atom stereocenters. The third-order valence-electron chi connectivity index (χ3n) is 3.02. The van der Waals surface area contributed by atoms with E-state index >= 15 is 0 Å². The van der Waals surface area contributed by atoms with Crippen molar-refractivity contribution in [2.45, 2.75) is 13.0 Å². The Bertz CT molecular complexity index is 691. The van der Waals surface area contributed by atoms with Gasteiger partial charge in [0.25, 0.3) is 0 Å². The third-order valence-corrected chi connectivity index (χ3v) is 3.02. The van der Waals surface area contributed by atoms with Crippen LogP contribution in [0.3, 0.4) is 0 Å². The summed E-state index contributed by atoms with van der Waals surface area (Å²) in [5, 5.41) is 7.74. The van der Waals surface area contributed by atoms with E-state index in [9.17, 15) is 0 Å². The van der Waals surface area contributed by atoms with Crippen LogP contribution < -0.4 is 11.1 Å². The zero-order valence-electron chi connectivity index (χ0n) is 11.0. The largest absolute Gasteiger partial charge is 0.368 e. The summed E-state index contributed by atoms with van der Waals surface area (Å²) in [6.45, 7) is 1.23. The molecule has 102 valence electrons. The molecule has 0 aromatic carbocycles. The summed E-state index contributed by atoms with van der Waals surface area (Å²) in [6.07, 6.45) is 6.41. The van der Waals surface area contributed by atoms with Crippen LogP contribution in [0.2, 0.25) is 0 Å². The number of rotatable bonds is 5. The minimum absolute atomic E-state index is 0.424. The molecule has 3 rings (SSSR count). The van der Waals surface area contributed by atoms with Crippen LogP contribution in [-0.4, -0.2) is 26.1 Å². The number of anilines is 1. The van der Waals surface area contributed by atoms with Crippen molar-refractivity contribution in [3.63, 3.8) is 0 Å². The number of nitrogens with two attached hydrogens (primary N) is 1. The maximum absolute atomic E-state index is 5.57. The number of nitrogens with one attached hydrogen (secondary N) is 1. The summed E-state index contributed by atoms with van der Waals surface area (Å²) in [5.74, 6) is 0.822. The molecule has 20 heavy (non-hydrogen) atoms. The number of pyridine rings is 1. The van der Waals surface area contributed by atoms with Gasteiger partial charge in [-0.05, 0) is 30.2 Å². The highest BCUT2D eigenvalue weighted by molar-refractivity contribution is 5.45. The SMILES string of the molecule is NCc1cn2nc(NCCc3cccnc3)ccc2n1. The average molecular weight is 268 g/mol. The molecule has 0 bridgehead atoms. The second-order valence-corrected chi connectivity index (χ2v) is 4.50. The van der Waals surface area contributed by atoms with E-state index < -0.39 is 0 Å². The highest BCUT2D eigenvalue weighted by Crippen LogP contribution is 2.08. The van der Waals surface area contributed by atoms with E-state index in [1.54, 1.807) is 10.7 Å². The molecule has 3 aromatic rings. The lowest BCUT2D eigenvalue weighted by Crippen LogP contribution is -2.07. The first kappa shape index (κ1) is 12.6. The van der Waals surface area contributed by atoms with Gasteiger partial charge in [0.15, 0.2) is 5.65 Å². The fourth-order valence-electron chi connectivity index (χ4n) is 2.00. The Morgan fingerprint density at radius 1 is 1.25 bits per heavy atom. The normalized spacial score (nSPS) is 10.8. The first-order valence-corrected chi connectivity index (χ1v) is 6.53. The molecule has 0 saturated heterocycles. The van der Waals surface area contributed by atoms with Crippen LogP contribution in [0.25, 0.3) is 5.65 Å². The molecule has 0 aliphatic carbocycles. The van der Waals surface area contributed by atoms with Crippen molar-refractivity contribution < 1.29 is 0 Å². The number of hydrogen-bond donors (Lipinski definition) is 2. The quantitative estimate of drug-likeness (QED) is 0.727. The van der Waals surface area contributed by atoms with Gasteiger partial charge in [0.2, 0.25) is 0 Å². The molecule has 0 radical (unpaired) electrons. The number of fused-ring (bicyclic) bond motifs is 1. The molecule has 0 saturated carbocycles. The number of hydrogen-bond acceptors (Lipinski definition) is 5. The minimum Gasteiger partial charge on any atom is -0.368 e. The number of nitrogens with zero attached hydrogens (tertiary/aromatic N) is 4. The van der Waals surface area contributed by atoms with Gasteiger partial charge in [0.05, 0.1) is 11.9 Å². The van der Waals surface area contributed by atoms with Crippen LogP contribution in [0.5, 0.6) is 0 Å². The van der Waals surface area contributed by atoms with Crippen LogP contribution in [0, 0.1) is 0 Å². The van der Waals surface area contributed by atoms with Gasteiger partial charge in [-0.1, -0.05) is 6.07 Å².